The van der Waals surface area contributed by atoms with E-state index in [1.165, 1.54) is 29.9 Å². The van der Waals surface area contributed by atoms with Crippen molar-refractivity contribution >= 4 is 11.6 Å². The van der Waals surface area contributed by atoms with Crippen LogP contribution in [0.2, 0.25) is 0 Å². The molecular formula is C16H21N5O3. The molecule has 1 aliphatic carbocycles. The van der Waals surface area contributed by atoms with Crippen LogP contribution in [-0.2, 0) is 17.8 Å². The Hall–Kier alpha value is -2.51. The zero-order valence-corrected chi connectivity index (χ0v) is 13.7. The SMILES string of the molecule is CCn1cncc(NC(=O)CCc2nc(C3CCCC3)no2)c1=O. The van der Waals surface area contributed by atoms with Gasteiger partial charge in [-0.25, -0.2) is 4.98 Å². The molecule has 1 aliphatic rings. The van der Waals surface area contributed by atoms with Crippen molar-refractivity contribution in [1.29, 1.82) is 0 Å². The summed E-state index contributed by atoms with van der Waals surface area (Å²) in [5.74, 6) is 1.33. The Morgan fingerprint density at radius 2 is 2.21 bits per heavy atom. The molecule has 0 atom stereocenters. The van der Waals surface area contributed by atoms with Crippen LogP contribution in [0.15, 0.2) is 21.8 Å². The van der Waals surface area contributed by atoms with Gasteiger partial charge in [0, 0.05) is 25.3 Å². The number of anilines is 1. The van der Waals surface area contributed by atoms with Crippen molar-refractivity contribution in [2.45, 2.75) is 57.9 Å². The normalized spacial score (nSPS) is 14.9. The summed E-state index contributed by atoms with van der Waals surface area (Å²) in [7, 11) is 0. The number of rotatable bonds is 6. The lowest BCUT2D eigenvalue weighted by molar-refractivity contribution is -0.116. The summed E-state index contributed by atoms with van der Waals surface area (Å²) < 4.78 is 6.65. The first-order valence-corrected chi connectivity index (χ1v) is 8.34. The van der Waals surface area contributed by atoms with Gasteiger partial charge in [-0.05, 0) is 19.8 Å². The van der Waals surface area contributed by atoms with Gasteiger partial charge in [0.1, 0.15) is 5.69 Å². The predicted octanol–water partition coefficient (Wildman–Crippen LogP) is 1.88. The molecule has 1 amide bonds. The van der Waals surface area contributed by atoms with Crippen LogP contribution in [0.4, 0.5) is 5.69 Å². The zero-order valence-electron chi connectivity index (χ0n) is 13.7. The minimum absolute atomic E-state index is 0.173. The lowest BCUT2D eigenvalue weighted by Crippen LogP contribution is -2.25. The minimum atomic E-state index is -0.275. The summed E-state index contributed by atoms with van der Waals surface area (Å²) in [6.45, 7) is 2.34. The second-order valence-corrected chi connectivity index (χ2v) is 5.97. The van der Waals surface area contributed by atoms with Gasteiger partial charge in [0.15, 0.2) is 5.82 Å². The highest BCUT2D eigenvalue weighted by molar-refractivity contribution is 5.90. The molecule has 2 heterocycles. The van der Waals surface area contributed by atoms with Gasteiger partial charge in [-0.1, -0.05) is 18.0 Å². The standard InChI is InChI=1S/C16H21N5O3/c1-2-21-10-17-9-12(16(21)23)18-13(22)7-8-14-19-15(20-24-14)11-5-3-4-6-11/h9-11H,2-8H2,1H3,(H,18,22). The largest absolute Gasteiger partial charge is 0.339 e. The summed E-state index contributed by atoms with van der Waals surface area (Å²) in [6, 6.07) is 0. The summed E-state index contributed by atoms with van der Waals surface area (Å²) in [5.41, 5.74) is -0.0799. The number of amides is 1. The van der Waals surface area contributed by atoms with Crippen LogP contribution in [0.5, 0.6) is 0 Å². The number of carbonyl (C=O) groups excluding carboxylic acids is 1. The van der Waals surface area contributed by atoms with Crippen LogP contribution in [-0.4, -0.2) is 25.6 Å². The predicted molar refractivity (Wildman–Crippen MR) is 86.6 cm³/mol. The van der Waals surface area contributed by atoms with Crippen molar-refractivity contribution in [1.82, 2.24) is 19.7 Å². The van der Waals surface area contributed by atoms with Gasteiger partial charge in [-0.2, -0.15) is 4.98 Å². The first-order valence-electron chi connectivity index (χ1n) is 8.34. The van der Waals surface area contributed by atoms with E-state index in [9.17, 15) is 9.59 Å². The highest BCUT2D eigenvalue weighted by atomic mass is 16.5. The molecular weight excluding hydrogens is 310 g/mol. The molecule has 0 aliphatic heterocycles. The fourth-order valence-corrected chi connectivity index (χ4v) is 2.91. The lowest BCUT2D eigenvalue weighted by Gasteiger charge is -2.06. The second kappa shape index (κ2) is 7.37. The van der Waals surface area contributed by atoms with E-state index in [1.54, 1.807) is 0 Å². The number of carbonyl (C=O) groups is 1. The highest BCUT2D eigenvalue weighted by Gasteiger charge is 2.22. The third kappa shape index (κ3) is 3.69. The van der Waals surface area contributed by atoms with E-state index in [4.69, 9.17) is 4.52 Å². The van der Waals surface area contributed by atoms with Crippen LogP contribution in [0.3, 0.4) is 0 Å². The van der Waals surface area contributed by atoms with E-state index in [0.29, 0.717) is 24.8 Å². The molecule has 1 saturated carbocycles. The average Bonchev–Trinajstić information content (AvgIpc) is 3.26. The Morgan fingerprint density at radius 3 is 2.96 bits per heavy atom. The Kier molecular flexibility index (Phi) is 5.02. The Morgan fingerprint density at radius 1 is 1.42 bits per heavy atom. The van der Waals surface area contributed by atoms with Crippen LogP contribution in [0.25, 0.3) is 0 Å². The van der Waals surface area contributed by atoms with E-state index >= 15 is 0 Å². The van der Waals surface area contributed by atoms with Crippen molar-refractivity contribution in [2.75, 3.05) is 5.32 Å². The molecule has 0 saturated heterocycles. The Balaban J connectivity index is 1.55. The van der Waals surface area contributed by atoms with E-state index in [0.717, 1.165) is 18.7 Å². The first-order chi connectivity index (χ1) is 11.7. The van der Waals surface area contributed by atoms with Crippen molar-refractivity contribution in [3.8, 4) is 0 Å². The first kappa shape index (κ1) is 16.4. The van der Waals surface area contributed by atoms with Crippen LogP contribution in [0.1, 0.15) is 56.7 Å². The Bertz CT molecular complexity index is 761. The molecule has 0 radical (unpaired) electrons. The van der Waals surface area contributed by atoms with Gasteiger partial charge in [-0.3, -0.25) is 14.2 Å². The quantitative estimate of drug-likeness (QED) is 0.867. The zero-order chi connectivity index (χ0) is 16.9. The molecule has 8 heteroatoms. The van der Waals surface area contributed by atoms with Gasteiger partial charge in [-0.15, -0.1) is 0 Å². The maximum atomic E-state index is 12.0. The number of aryl methyl sites for hydroxylation is 2. The number of hydrogen-bond acceptors (Lipinski definition) is 6. The van der Waals surface area contributed by atoms with Crippen molar-refractivity contribution in [3.63, 3.8) is 0 Å². The van der Waals surface area contributed by atoms with Crippen LogP contribution in [0, 0.1) is 0 Å². The summed E-state index contributed by atoms with van der Waals surface area (Å²) in [6.07, 6.45) is 7.95. The van der Waals surface area contributed by atoms with Gasteiger partial charge in [0.2, 0.25) is 11.8 Å². The fourth-order valence-electron chi connectivity index (χ4n) is 2.91. The summed E-state index contributed by atoms with van der Waals surface area (Å²) in [5, 5.41) is 6.61. The molecule has 1 N–H and O–H groups in total. The van der Waals surface area contributed by atoms with Gasteiger partial charge >= 0.3 is 0 Å². The summed E-state index contributed by atoms with van der Waals surface area (Å²) >= 11 is 0. The van der Waals surface area contributed by atoms with Crippen molar-refractivity contribution < 1.29 is 9.32 Å². The molecule has 2 aromatic heterocycles. The lowest BCUT2D eigenvalue weighted by atomic mass is 10.1. The van der Waals surface area contributed by atoms with Gasteiger partial charge in [0.25, 0.3) is 5.56 Å². The molecule has 0 unspecified atom stereocenters. The molecule has 8 nitrogen and oxygen atoms in total. The second-order valence-electron chi connectivity index (χ2n) is 5.97. The van der Waals surface area contributed by atoms with E-state index in [1.807, 2.05) is 6.92 Å². The van der Waals surface area contributed by atoms with E-state index in [2.05, 4.69) is 20.4 Å². The molecule has 128 valence electrons. The molecule has 2 aromatic rings. The molecule has 3 rings (SSSR count). The maximum Gasteiger partial charge on any atom is 0.277 e. The molecule has 1 fully saturated rings. The molecule has 0 spiro atoms. The topological polar surface area (TPSA) is 103 Å². The van der Waals surface area contributed by atoms with Crippen LogP contribution >= 0.6 is 0 Å². The number of nitrogens with zero attached hydrogens (tertiary/aromatic N) is 4. The fraction of sp³-hybridized carbons (Fsp3) is 0.562. The van der Waals surface area contributed by atoms with E-state index in [-0.39, 0.29) is 23.6 Å². The highest BCUT2D eigenvalue weighted by Crippen LogP contribution is 2.32. The molecule has 0 aromatic carbocycles. The summed E-state index contributed by atoms with van der Waals surface area (Å²) in [4.78, 5) is 32.4. The average molecular weight is 331 g/mol. The molecule has 0 bridgehead atoms. The maximum absolute atomic E-state index is 12.0. The molecule has 24 heavy (non-hydrogen) atoms. The third-order valence-corrected chi connectivity index (χ3v) is 4.29. The number of aromatic nitrogens is 4. The smallest absolute Gasteiger partial charge is 0.277 e. The van der Waals surface area contributed by atoms with Gasteiger partial charge < -0.3 is 9.84 Å². The Labute approximate surface area is 139 Å². The van der Waals surface area contributed by atoms with E-state index < -0.39 is 0 Å². The number of nitrogens with one attached hydrogen (secondary N) is 1. The van der Waals surface area contributed by atoms with Crippen molar-refractivity contribution in [3.05, 3.63) is 34.6 Å². The van der Waals surface area contributed by atoms with Crippen molar-refractivity contribution in [2.24, 2.45) is 0 Å². The minimum Gasteiger partial charge on any atom is -0.339 e. The third-order valence-electron chi connectivity index (χ3n) is 4.29. The van der Waals surface area contributed by atoms with Crippen LogP contribution < -0.4 is 10.9 Å². The van der Waals surface area contributed by atoms with Gasteiger partial charge in [0.05, 0.1) is 12.5 Å². The number of hydrogen-bond donors (Lipinski definition) is 1. The monoisotopic (exact) mass is 331 g/mol.